The summed E-state index contributed by atoms with van der Waals surface area (Å²) < 4.78 is 24.0. The summed E-state index contributed by atoms with van der Waals surface area (Å²) in [5.41, 5.74) is 0.577. The van der Waals surface area contributed by atoms with Gasteiger partial charge in [-0.15, -0.1) is 11.3 Å². The van der Waals surface area contributed by atoms with E-state index in [4.69, 9.17) is 5.14 Å². The molecular formula is C12H10Br2N2O3S2. The quantitative estimate of drug-likeness (QED) is 0.774. The largest absolute Gasteiger partial charge is 0.311 e. The van der Waals surface area contributed by atoms with Crippen LogP contribution in [0.3, 0.4) is 0 Å². The first-order valence-corrected chi connectivity index (χ1v) is 9.51. The predicted octanol–water partition coefficient (Wildman–Crippen LogP) is 3.20. The molecule has 0 saturated heterocycles. The molecule has 0 fully saturated rings. The van der Waals surface area contributed by atoms with Gasteiger partial charge in [0.1, 0.15) is 0 Å². The van der Waals surface area contributed by atoms with Gasteiger partial charge in [-0.05, 0) is 62.2 Å². The Bertz CT molecular complexity index is 766. The third kappa shape index (κ3) is 3.72. The second-order valence-corrected chi connectivity index (χ2v) is 8.92. The smallest absolute Gasteiger partial charge is 0.268 e. The highest BCUT2D eigenvalue weighted by atomic mass is 79.9. The van der Waals surface area contributed by atoms with Gasteiger partial charge in [-0.3, -0.25) is 4.79 Å². The van der Waals surface area contributed by atoms with Crippen LogP contribution in [0, 0.1) is 0 Å². The van der Waals surface area contributed by atoms with Crippen LogP contribution in [0.25, 0.3) is 0 Å². The minimum atomic E-state index is -3.73. The highest BCUT2D eigenvalue weighted by molar-refractivity contribution is 9.13. The molecule has 2 aromatic rings. The molecule has 21 heavy (non-hydrogen) atoms. The summed E-state index contributed by atoms with van der Waals surface area (Å²) >= 11 is 7.99. The Kier molecular flexibility index (Phi) is 4.89. The molecule has 1 aromatic carbocycles. The van der Waals surface area contributed by atoms with E-state index in [1.54, 1.807) is 13.1 Å². The van der Waals surface area contributed by atoms with E-state index in [9.17, 15) is 13.2 Å². The maximum Gasteiger partial charge on any atom is 0.268 e. The lowest BCUT2D eigenvalue weighted by atomic mass is 10.3. The highest BCUT2D eigenvalue weighted by Crippen LogP contribution is 2.33. The number of nitrogens with zero attached hydrogens (tertiary/aromatic N) is 1. The number of thiophene rings is 1. The molecule has 5 nitrogen and oxygen atoms in total. The first kappa shape index (κ1) is 16.6. The minimum Gasteiger partial charge on any atom is -0.311 e. The lowest BCUT2D eigenvalue weighted by Crippen LogP contribution is -2.25. The second kappa shape index (κ2) is 6.17. The summed E-state index contributed by atoms with van der Waals surface area (Å²) in [4.78, 5) is 14.4. The first-order chi connectivity index (χ1) is 9.70. The van der Waals surface area contributed by atoms with Crippen molar-refractivity contribution >= 4 is 64.8 Å². The lowest BCUT2D eigenvalue weighted by Gasteiger charge is -2.16. The maximum absolute atomic E-state index is 12.3. The van der Waals surface area contributed by atoms with E-state index in [0.29, 0.717) is 10.6 Å². The topological polar surface area (TPSA) is 80.5 Å². The number of carbonyl (C=O) groups is 1. The van der Waals surface area contributed by atoms with Gasteiger partial charge in [0.2, 0.25) is 10.0 Å². The van der Waals surface area contributed by atoms with Gasteiger partial charge in [0.25, 0.3) is 5.91 Å². The van der Waals surface area contributed by atoms with E-state index < -0.39 is 10.0 Å². The highest BCUT2D eigenvalue weighted by Gasteiger charge is 2.18. The van der Waals surface area contributed by atoms with Crippen LogP contribution in [0.5, 0.6) is 0 Å². The fourth-order valence-electron chi connectivity index (χ4n) is 1.59. The third-order valence-electron chi connectivity index (χ3n) is 2.71. The van der Waals surface area contributed by atoms with Gasteiger partial charge >= 0.3 is 0 Å². The average Bonchev–Trinajstić information content (AvgIpc) is 2.76. The van der Waals surface area contributed by atoms with Gasteiger partial charge in [-0.2, -0.15) is 0 Å². The number of nitrogens with two attached hydrogens (primary N) is 1. The van der Waals surface area contributed by atoms with Crippen LogP contribution in [0.2, 0.25) is 0 Å². The van der Waals surface area contributed by atoms with E-state index in [-0.39, 0.29) is 10.8 Å². The van der Waals surface area contributed by atoms with E-state index >= 15 is 0 Å². The predicted molar refractivity (Wildman–Crippen MR) is 90.3 cm³/mol. The molecule has 0 saturated carbocycles. The van der Waals surface area contributed by atoms with Gasteiger partial charge in [0.05, 0.1) is 13.6 Å². The van der Waals surface area contributed by atoms with Crippen molar-refractivity contribution in [2.45, 2.75) is 4.90 Å². The van der Waals surface area contributed by atoms with E-state index in [0.717, 1.165) is 8.26 Å². The van der Waals surface area contributed by atoms with Crippen LogP contribution in [0.1, 0.15) is 9.67 Å². The van der Waals surface area contributed by atoms with Crippen molar-refractivity contribution in [1.82, 2.24) is 0 Å². The Balaban J connectivity index is 2.27. The van der Waals surface area contributed by atoms with Crippen molar-refractivity contribution in [2.24, 2.45) is 5.14 Å². The summed E-state index contributed by atoms with van der Waals surface area (Å²) in [5.74, 6) is -0.185. The average molecular weight is 454 g/mol. The maximum atomic E-state index is 12.3. The number of hydrogen-bond donors (Lipinski definition) is 1. The zero-order valence-electron chi connectivity index (χ0n) is 10.7. The molecule has 0 aliphatic carbocycles. The van der Waals surface area contributed by atoms with Gasteiger partial charge in [-0.1, -0.05) is 0 Å². The second-order valence-electron chi connectivity index (χ2n) is 4.14. The SMILES string of the molecule is CN(C(=O)c1cc(Br)c(Br)s1)c1ccc(S(N)(=O)=O)cc1. The minimum absolute atomic E-state index is 0.00807. The number of benzene rings is 1. The summed E-state index contributed by atoms with van der Waals surface area (Å²) in [5, 5.41) is 5.04. The molecule has 1 heterocycles. The fraction of sp³-hybridized carbons (Fsp3) is 0.0833. The molecule has 2 N–H and O–H groups in total. The zero-order chi connectivity index (χ0) is 15.8. The molecule has 0 atom stereocenters. The molecule has 0 aliphatic rings. The van der Waals surface area contributed by atoms with Crippen molar-refractivity contribution in [3.8, 4) is 0 Å². The molecule has 0 spiro atoms. The number of amides is 1. The van der Waals surface area contributed by atoms with Gasteiger partial charge in [0.15, 0.2) is 0 Å². The molecule has 0 aliphatic heterocycles. The summed E-state index contributed by atoms with van der Waals surface area (Å²) in [6.07, 6.45) is 0. The standard InChI is InChI=1S/C12H10Br2N2O3S2/c1-16(12(17)10-6-9(13)11(14)20-10)7-2-4-8(5-3-7)21(15,18)19/h2-6H,1H3,(H2,15,18,19). The molecule has 1 aromatic heterocycles. The molecule has 0 unspecified atom stereocenters. The zero-order valence-corrected chi connectivity index (χ0v) is 15.5. The van der Waals surface area contributed by atoms with Crippen LogP contribution in [-0.2, 0) is 10.0 Å². The first-order valence-electron chi connectivity index (χ1n) is 5.56. The van der Waals surface area contributed by atoms with Crippen LogP contribution >= 0.6 is 43.2 Å². The Labute approximate surface area is 143 Å². The Morgan fingerprint density at radius 3 is 2.24 bits per heavy atom. The van der Waals surface area contributed by atoms with Crippen LogP contribution in [-0.4, -0.2) is 21.4 Å². The van der Waals surface area contributed by atoms with E-state index in [1.807, 2.05) is 0 Å². The Hall–Kier alpha value is -0.740. The number of hydrogen-bond acceptors (Lipinski definition) is 4. The van der Waals surface area contributed by atoms with Crippen molar-refractivity contribution < 1.29 is 13.2 Å². The van der Waals surface area contributed by atoms with Crippen molar-refractivity contribution in [3.63, 3.8) is 0 Å². The fourth-order valence-corrected chi connectivity index (χ4v) is 4.12. The summed E-state index contributed by atoms with van der Waals surface area (Å²) in [6, 6.07) is 7.54. The Morgan fingerprint density at radius 2 is 1.81 bits per heavy atom. The number of halogens is 2. The van der Waals surface area contributed by atoms with Gasteiger partial charge in [0, 0.05) is 17.2 Å². The number of sulfonamides is 1. The molecule has 112 valence electrons. The number of anilines is 1. The van der Waals surface area contributed by atoms with Crippen molar-refractivity contribution in [2.75, 3.05) is 11.9 Å². The monoisotopic (exact) mass is 452 g/mol. The molecule has 1 amide bonds. The lowest BCUT2D eigenvalue weighted by molar-refractivity contribution is 0.0997. The van der Waals surface area contributed by atoms with Crippen LogP contribution in [0.4, 0.5) is 5.69 Å². The van der Waals surface area contributed by atoms with Crippen LogP contribution in [0.15, 0.2) is 43.5 Å². The third-order valence-corrected chi connectivity index (χ3v) is 6.89. The molecular weight excluding hydrogens is 444 g/mol. The Morgan fingerprint density at radius 1 is 1.24 bits per heavy atom. The van der Waals surface area contributed by atoms with Crippen molar-refractivity contribution in [1.29, 1.82) is 0 Å². The van der Waals surface area contributed by atoms with E-state index in [2.05, 4.69) is 31.9 Å². The van der Waals surface area contributed by atoms with Gasteiger partial charge < -0.3 is 4.90 Å². The summed E-state index contributed by atoms with van der Waals surface area (Å²) in [6.45, 7) is 0. The molecule has 2 rings (SSSR count). The van der Waals surface area contributed by atoms with E-state index in [1.165, 1.54) is 40.5 Å². The summed E-state index contributed by atoms with van der Waals surface area (Å²) in [7, 11) is -2.11. The van der Waals surface area contributed by atoms with Gasteiger partial charge in [-0.25, -0.2) is 13.6 Å². The number of primary sulfonamides is 1. The molecule has 0 bridgehead atoms. The van der Waals surface area contributed by atoms with Crippen LogP contribution < -0.4 is 10.0 Å². The normalized spacial score (nSPS) is 11.4. The molecule has 9 heteroatoms. The number of rotatable bonds is 3. The molecule has 0 radical (unpaired) electrons. The van der Waals surface area contributed by atoms with Crippen molar-refractivity contribution in [3.05, 3.63) is 43.5 Å². The number of carbonyl (C=O) groups excluding carboxylic acids is 1.